The predicted molar refractivity (Wildman–Crippen MR) is 70.3 cm³/mol. The molecule has 1 atom stereocenters. The van der Waals surface area contributed by atoms with E-state index in [1.807, 2.05) is 6.07 Å². The molecule has 0 spiro atoms. The highest BCUT2D eigenvalue weighted by molar-refractivity contribution is 5.49. The summed E-state index contributed by atoms with van der Waals surface area (Å²) in [5.41, 5.74) is 1.94. The Hall–Kier alpha value is -1.15. The topological polar surface area (TPSA) is 3.24 Å². The van der Waals surface area contributed by atoms with Crippen LogP contribution in [0.4, 0.5) is 4.39 Å². The molecule has 0 radical (unpaired) electrons. The second kappa shape index (κ2) is 4.26. The fourth-order valence-electron chi connectivity index (χ4n) is 2.59. The largest absolute Gasteiger partial charge is 0.294 e. The quantitative estimate of drug-likeness (QED) is 0.746. The molecule has 0 aliphatic carbocycles. The molecule has 92 valence electrons. The molecule has 0 aromatic heterocycles. The lowest BCUT2D eigenvalue weighted by Gasteiger charge is -2.32. The molecule has 1 saturated heterocycles. The number of nitrogens with zero attached hydrogens (tertiary/aromatic N) is 1. The summed E-state index contributed by atoms with van der Waals surface area (Å²) in [6.45, 7) is 8.16. The Balaban J connectivity index is 2.38. The molecule has 1 unspecified atom stereocenters. The van der Waals surface area contributed by atoms with Gasteiger partial charge in [-0.2, -0.15) is 0 Å². The fraction of sp³-hybridized carbons (Fsp3) is 0.467. The van der Waals surface area contributed by atoms with Crippen molar-refractivity contribution in [2.24, 2.45) is 0 Å². The van der Waals surface area contributed by atoms with Gasteiger partial charge in [0.2, 0.25) is 0 Å². The van der Waals surface area contributed by atoms with Gasteiger partial charge in [-0.05, 0) is 51.4 Å². The van der Waals surface area contributed by atoms with Gasteiger partial charge >= 0.3 is 0 Å². The molecule has 1 aromatic carbocycles. The van der Waals surface area contributed by atoms with E-state index in [0.717, 1.165) is 24.0 Å². The molecule has 1 aliphatic rings. The van der Waals surface area contributed by atoms with Crippen LogP contribution in [0.1, 0.15) is 43.9 Å². The van der Waals surface area contributed by atoms with Crippen LogP contribution in [0.2, 0.25) is 0 Å². The van der Waals surface area contributed by atoms with Crippen LogP contribution in [0.3, 0.4) is 0 Å². The van der Waals surface area contributed by atoms with Crippen molar-refractivity contribution in [2.75, 3.05) is 7.05 Å². The van der Waals surface area contributed by atoms with E-state index in [0.29, 0.717) is 0 Å². The van der Waals surface area contributed by atoms with Crippen LogP contribution in [-0.2, 0) is 0 Å². The SMILES string of the molecule is C=Cc1ccc(F)c(C2CCC(C)(C)N2C)c1. The zero-order chi connectivity index (χ0) is 12.6. The summed E-state index contributed by atoms with van der Waals surface area (Å²) in [4.78, 5) is 2.28. The molecule has 2 heteroatoms. The highest BCUT2D eigenvalue weighted by Gasteiger charge is 2.38. The van der Waals surface area contributed by atoms with E-state index in [2.05, 4.69) is 32.4 Å². The highest BCUT2D eigenvalue weighted by Crippen LogP contribution is 2.41. The molecular formula is C15H20FN. The Labute approximate surface area is 103 Å². The van der Waals surface area contributed by atoms with Crippen molar-refractivity contribution in [3.05, 3.63) is 41.7 Å². The monoisotopic (exact) mass is 233 g/mol. The van der Waals surface area contributed by atoms with Gasteiger partial charge in [0.05, 0.1) is 0 Å². The first-order chi connectivity index (χ1) is 7.95. The van der Waals surface area contributed by atoms with Crippen LogP contribution in [0.15, 0.2) is 24.8 Å². The van der Waals surface area contributed by atoms with Crippen molar-refractivity contribution in [3.8, 4) is 0 Å². The van der Waals surface area contributed by atoms with Crippen LogP contribution in [0, 0.1) is 5.82 Å². The van der Waals surface area contributed by atoms with Crippen molar-refractivity contribution >= 4 is 6.08 Å². The number of halogens is 1. The van der Waals surface area contributed by atoms with Crippen molar-refractivity contribution in [1.82, 2.24) is 4.90 Å². The maximum absolute atomic E-state index is 13.9. The van der Waals surface area contributed by atoms with E-state index < -0.39 is 0 Å². The average molecular weight is 233 g/mol. The first-order valence-electron chi connectivity index (χ1n) is 6.10. The smallest absolute Gasteiger partial charge is 0.128 e. The summed E-state index contributed by atoms with van der Waals surface area (Å²) >= 11 is 0. The van der Waals surface area contributed by atoms with Gasteiger partial charge in [0.25, 0.3) is 0 Å². The molecule has 1 heterocycles. The molecule has 0 bridgehead atoms. The highest BCUT2D eigenvalue weighted by atomic mass is 19.1. The third kappa shape index (κ3) is 2.14. The Morgan fingerprint density at radius 1 is 1.47 bits per heavy atom. The first kappa shape index (κ1) is 12.3. The van der Waals surface area contributed by atoms with Gasteiger partial charge in [-0.3, -0.25) is 4.90 Å². The van der Waals surface area contributed by atoms with Gasteiger partial charge in [-0.25, -0.2) is 4.39 Å². The maximum Gasteiger partial charge on any atom is 0.128 e. The van der Waals surface area contributed by atoms with E-state index in [1.54, 1.807) is 18.2 Å². The standard InChI is InChI=1S/C15H20FN/c1-5-11-6-7-13(16)12(10-11)14-8-9-15(2,3)17(14)4/h5-7,10,14H,1,8-9H2,2-4H3. The fourth-order valence-corrected chi connectivity index (χ4v) is 2.59. The van der Waals surface area contributed by atoms with Crippen molar-refractivity contribution in [3.63, 3.8) is 0 Å². The second-order valence-corrected chi connectivity index (χ2v) is 5.46. The Morgan fingerprint density at radius 2 is 2.18 bits per heavy atom. The molecule has 17 heavy (non-hydrogen) atoms. The lowest BCUT2D eigenvalue weighted by molar-refractivity contribution is 0.167. The van der Waals surface area contributed by atoms with Crippen molar-refractivity contribution in [1.29, 1.82) is 0 Å². The summed E-state index contributed by atoms with van der Waals surface area (Å²) < 4.78 is 13.9. The van der Waals surface area contributed by atoms with Gasteiger partial charge < -0.3 is 0 Å². The summed E-state index contributed by atoms with van der Waals surface area (Å²) in [6, 6.07) is 5.42. The van der Waals surface area contributed by atoms with Gasteiger partial charge in [-0.1, -0.05) is 18.7 Å². The average Bonchev–Trinajstić information content (AvgIpc) is 2.56. The van der Waals surface area contributed by atoms with Crippen LogP contribution >= 0.6 is 0 Å². The number of rotatable bonds is 2. The zero-order valence-corrected chi connectivity index (χ0v) is 10.8. The number of likely N-dealkylation sites (tertiary alicyclic amines) is 1. The summed E-state index contributed by atoms with van der Waals surface area (Å²) in [5, 5.41) is 0. The van der Waals surface area contributed by atoms with Crippen LogP contribution in [0.25, 0.3) is 6.08 Å². The second-order valence-electron chi connectivity index (χ2n) is 5.46. The van der Waals surface area contributed by atoms with Crippen molar-refractivity contribution in [2.45, 2.75) is 38.3 Å². The molecule has 1 fully saturated rings. The third-order valence-corrected chi connectivity index (χ3v) is 4.07. The molecular weight excluding hydrogens is 213 g/mol. The maximum atomic E-state index is 13.9. The van der Waals surface area contributed by atoms with E-state index in [-0.39, 0.29) is 17.4 Å². The lowest BCUT2D eigenvalue weighted by atomic mass is 10.0. The normalized spacial score (nSPS) is 23.9. The van der Waals surface area contributed by atoms with Crippen molar-refractivity contribution < 1.29 is 4.39 Å². The molecule has 1 aliphatic heterocycles. The van der Waals surface area contributed by atoms with Crippen LogP contribution in [-0.4, -0.2) is 17.5 Å². The molecule has 0 amide bonds. The van der Waals surface area contributed by atoms with E-state index in [9.17, 15) is 4.39 Å². The van der Waals surface area contributed by atoms with E-state index in [1.165, 1.54) is 0 Å². The Kier molecular flexibility index (Phi) is 3.09. The minimum atomic E-state index is -0.106. The van der Waals surface area contributed by atoms with Crippen LogP contribution in [0.5, 0.6) is 0 Å². The summed E-state index contributed by atoms with van der Waals surface area (Å²) in [5.74, 6) is -0.106. The molecule has 1 nitrogen and oxygen atoms in total. The number of hydrogen-bond acceptors (Lipinski definition) is 1. The van der Waals surface area contributed by atoms with Gasteiger partial charge in [0, 0.05) is 17.1 Å². The van der Waals surface area contributed by atoms with Gasteiger partial charge in [0.1, 0.15) is 5.82 Å². The lowest BCUT2D eigenvalue weighted by Crippen LogP contribution is -2.36. The molecule has 1 aromatic rings. The number of hydrogen-bond donors (Lipinski definition) is 0. The molecule has 0 N–H and O–H groups in total. The molecule has 0 saturated carbocycles. The van der Waals surface area contributed by atoms with Gasteiger partial charge in [-0.15, -0.1) is 0 Å². The van der Waals surface area contributed by atoms with E-state index >= 15 is 0 Å². The Morgan fingerprint density at radius 3 is 2.71 bits per heavy atom. The summed E-state index contributed by atoms with van der Waals surface area (Å²) in [7, 11) is 2.08. The zero-order valence-electron chi connectivity index (χ0n) is 10.8. The third-order valence-electron chi connectivity index (χ3n) is 4.07. The Bertz CT molecular complexity index is 437. The van der Waals surface area contributed by atoms with Crippen LogP contribution < -0.4 is 0 Å². The molecule has 2 rings (SSSR count). The van der Waals surface area contributed by atoms with Gasteiger partial charge in [0.15, 0.2) is 0 Å². The number of benzene rings is 1. The summed E-state index contributed by atoms with van der Waals surface area (Å²) in [6.07, 6.45) is 3.88. The minimum absolute atomic E-state index is 0.106. The first-order valence-corrected chi connectivity index (χ1v) is 6.10. The minimum Gasteiger partial charge on any atom is -0.294 e. The predicted octanol–water partition coefficient (Wildman–Crippen LogP) is 4.01. The van der Waals surface area contributed by atoms with E-state index in [4.69, 9.17) is 0 Å².